The summed E-state index contributed by atoms with van der Waals surface area (Å²) in [5, 5.41) is 0. The molecule has 0 amide bonds. The van der Waals surface area contributed by atoms with Crippen molar-refractivity contribution in [1.82, 2.24) is 4.98 Å². The van der Waals surface area contributed by atoms with E-state index in [-0.39, 0.29) is 24.5 Å². The highest BCUT2D eigenvalue weighted by atomic mass is 19.1. The summed E-state index contributed by atoms with van der Waals surface area (Å²) in [6, 6.07) is 2.51. The fourth-order valence-corrected chi connectivity index (χ4v) is 1.24. The molecule has 0 aliphatic rings. The van der Waals surface area contributed by atoms with Crippen LogP contribution in [0.3, 0.4) is 0 Å². The highest BCUT2D eigenvalue weighted by molar-refractivity contribution is 6.17. The van der Waals surface area contributed by atoms with Crippen LogP contribution < -0.4 is 0 Å². The molecule has 0 bridgehead atoms. The zero-order valence-corrected chi connectivity index (χ0v) is 10.7. The van der Waals surface area contributed by atoms with Gasteiger partial charge in [0.1, 0.15) is 11.4 Å². The van der Waals surface area contributed by atoms with E-state index in [9.17, 15) is 14.0 Å². The Hall–Kier alpha value is -2.24. The van der Waals surface area contributed by atoms with E-state index in [1.54, 1.807) is 13.8 Å². The number of rotatable bonds is 5. The Morgan fingerprint density at radius 1 is 1.21 bits per heavy atom. The lowest BCUT2D eigenvalue weighted by atomic mass is 10.2. The molecule has 1 heterocycles. The maximum atomic E-state index is 12.7. The number of ether oxygens (including phenoxy) is 2. The Morgan fingerprint density at radius 2 is 1.79 bits per heavy atom. The molecule has 0 unspecified atom stereocenters. The van der Waals surface area contributed by atoms with E-state index in [0.29, 0.717) is 0 Å². The zero-order chi connectivity index (χ0) is 14.3. The van der Waals surface area contributed by atoms with Crippen LogP contribution in [0.2, 0.25) is 0 Å². The second-order valence-electron chi connectivity index (χ2n) is 3.40. The summed E-state index contributed by atoms with van der Waals surface area (Å²) < 4.78 is 22.2. The van der Waals surface area contributed by atoms with Gasteiger partial charge in [0, 0.05) is 0 Å². The van der Waals surface area contributed by atoms with Gasteiger partial charge in [-0.1, -0.05) is 0 Å². The number of carbonyl (C=O) groups excluding carboxylic acids is 2. The number of esters is 2. The van der Waals surface area contributed by atoms with Gasteiger partial charge < -0.3 is 9.47 Å². The maximum absolute atomic E-state index is 12.7. The van der Waals surface area contributed by atoms with Crippen LogP contribution in [0.5, 0.6) is 0 Å². The Labute approximate surface area is 110 Å². The standard InChI is InChI=1S/C13H14FNO4/c1-3-18-12(16)11(13(17)19-4-2)7-10-6-5-9(14)8-15-10/h5-8H,3-4H2,1-2H3. The van der Waals surface area contributed by atoms with Crippen molar-refractivity contribution in [1.29, 1.82) is 0 Å². The SMILES string of the molecule is CCOC(=O)C(=Cc1ccc(F)cn1)C(=O)OCC. The molecule has 0 aromatic carbocycles. The summed E-state index contributed by atoms with van der Waals surface area (Å²) in [7, 11) is 0. The minimum absolute atomic E-state index is 0.131. The van der Waals surface area contributed by atoms with Crippen molar-refractivity contribution in [3.05, 3.63) is 35.4 Å². The number of halogens is 1. The summed E-state index contributed by atoms with van der Waals surface area (Å²) in [4.78, 5) is 27.0. The fraction of sp³-hybridized carbons (Fsp3) is 0.308. The molecule has 0 fully saturated rings. The molecule has 102 valence electrons. The monoisotopic (exact) mass is 267 g/mol. The Kier molecular flexibility index (Phi) is 5.66. The van der Waals surface area contributed by atoms with Crippen molar-refractivity contribution in [2.24, 2.45) is 0 Å². The lowest BCUT2D eigenvalue weighted by Crippen LogP contribution is -2.18. The summed E-state index contributed by atoms with van der Waals surface area (Å²) in [5.41, 5.74) is -0.0136. The lowest BCUT2D eigenvalue weighted by Gasteiger charge is -2.06. The third-order valence-corrected chi connectivity index (χ3v) is 2.03. The van der Waals surface area contributed by atoms with E-state index >= 15 is 0 Å². The molecule has 0 aliphatic heterocycles. The van der Waals surface area contributed by atoms with Crippen LogP contribution in [-0.2, 0) is 19.1 Å². The zero-order valence-electron chi connectivity index (χ0n) is 10.7. The molecule has 0 spiro atoms. The third kappa shape index (κ3) is 4.50. The van der Waals surface area contributed by atoms with Gasteiger partial charge in [-0.3, -0.25) is 4.98 Å². The highest BCUT2D eigenvalue weighted by Crippen LogP contribution is 2.09. The van der Waals surface area contributed by atoms with Crippen molar-refractivity contribution in [2.45, 2.75) is 13.8 Å². The van der Waals surface area contributed by atoms with E-state index in [2.05, 4.69) is 4.98 Å². The van der Waals surface area contributed by atoms with Gasteiger partial charge >= 0.3 is 11.9 Å². The van der Waals surface area contributed by atoms with Crippen LogP contribution in [0.1, 0.15) is 19.5 Å². The molecule has 0 atom stereocenters. The van der Waals surface area contributed by atoms with Gasteiger partial charge in [-0.15, -0.1) is 0 Å². The van der Waals surface area contributed by atoms with E-state index < -0.39 is 17.8 Å². The quantitative estimate of drug-likeness (QED) is 0.352. The number of carbonyl (C=O) groups is 2. The van der Waals surface area contributed by atoms with Crippen LogP contribution in [0.15, 0.2) is 23.9 Å². The van der Waals surface area contributed by atoms with Gasteiger partial charge in [0.15, 0.2) is 0 Å². The predicted octanol–water partition coefficient (Wildman–Crippen LogP) is 1.73. The molecule has 1 aromatic rings. The van der Waals surface area contributed by atoms with Gasteiger partial charge in [0.25, 0.3) is 0 Å². The summed E-state index contributed by atoms with van der Waals surface area (Å²) in [6.45, 7) is 3.51. The number of hydrogen-bond acceptors (Lipinski definition) is 5. The first-order valence-corrected chi connectivity index (χ1v) is 5.76. The molecule has 0 N–H and O–H groups in total. The molecule has 19 heavy (non-hydrogen) atoms. The maximum Gasteiger partial charge on any atom is 0.345 e. The van der Waals surface area contributed by atoms with Crippen LogP contribution in [0, 0.1) is 5.82 Å². The summed E-state index contributed by atoms with van der Waals surface area (Å²) in [6.07, 6.45) is 2.19. The second kappa shape index (κ2) is 7.25. The molecule has 1 aromatic heterocycles. The number of pyridine rings is 1. The van der Waals surface area contributed by atoms with E-state index in [1.807, 2.05) is 0 Å². The van der Waals surface area contributed by atoms with Gasteiger partial charge in [0.05, 0.1) is 25.1 Å². The average Bonchev–Trinajstić information content (AvgIpc) is 2.38. The van der Waals surface area contributed by atoms with E-state index in [1.165, 1.54) is 18.2 Å². The molecule has 0 aliphatic carbocycles. The Balaban J connectivity index is 3.04. The average molecular weight is 267 g/mol. The van der Waals surface area contributed by atoms with Crippen LogP contribution in [0.25, 0.3) is 6.08 Å². The first kappa shape index (κ1) is 14.8. The van der Waals surface area contributed by atoms with Crippen molar-refractivity contribution in [3.63, 3.8) is 0 Å². The van der Waals surface area contributed by atoms with Crippen molar-refractivity contribution in [2.75, 3.05) is 13.2 Å². The van der Waals surface area contributed by atoms with Crippen molar-refractivity contribution in [3.8, 4) is 0 Å². The van der Waals surface area contributed by atoms with Gasteiger partial charge in [-0.25, -0.2) is 14.0 Å². The molecular weight excluding hydrogens is 253 g/mol. The topological polar surface area (TPSA) is 65.5 Å². The van der Waals surface area contributed by atoms with Crippen molar-refractivity contribution >= 4 is 18.0 Å². The molecular formula is C13H14FNO4. The summed E-state index contributed by atoms with van der Waals surface area (Å²) in [5.74, 6) is -2.11. The molecule has 0 saturated heterocycles. The van der Waals surface area contributed by atoms with Gasteiger partial charge in [-0.2, -0.15) is 0 Å². The Morgan fingerprint density at radius 3 is 2.21 bits per heavy atom. The second-order valence-corrected chi connectivity index (χ2v) is 3.40. The molecule has 1 rings (SSSR count). The van der Waals surface area contributed by atoms with Gasteiger partial charge in [0.2, 0.25) is 0 Å². The first-order chi connectivity index (χ1) is 9.08. The Bertz CT molecular complexity index is 462. The predicted molar refractivity (Wildman–Crippen MR) is 65.4 cm³/mol. The minimum Gasteiger partial charge on any atom is -0.462 e. The molecule has 0 saturated carbocycles. The van der Waals surface area contributed by atoms with Crippen LogP contribution in [0.4, 0.5) is 4.39 Å². The third-order valence-electron chi connectivity index (χ3n) is 2.03. The highest BCUT2D eigenvalue weighted by Gasteiger charge is 2.21. The van der Waals surface area contributed by atoms with Crippen molar-refractivity contribution < 1.29 is 23.5 Å². The lowest BCUT2D eigenvalue weighted by molar-refractivity contribution is -0.146. The van der Waals surface area contributed by atoms with Gasteiger partial charge in [-0.05, 0) is 32.1 Å². The molecule has 5 nitrogen and oxygen atoms in total. The first-order valence-electron chi connectivity index (χ1n) is 5.76. The van der Waals surface area contributed by atoms with E-state index in [4.69, 9.17) is 9.47 Å². The largest absolute Gasteiger partial charge is 0.462 e. The summed E-state index contributed by atoms with van der Waals surface area (Å²) >= 11 is 0. The normalized spacial score (nSPS) is 9.63. The smallest absolute Gasteiger partial charge is 0.345 e. The number of hydrogen-bond donors (Lipinski definition) is 0. The number of aromatic nitrogens is 1. The fourth-order valence-electron chi connectivity index (χ4n) is 1.24. The molecule has 0 radical (unpaired) electrons. The van der Waals surface area contributed by atoms with Crippen LogP contribution in [-0.4, -0.2) is 30.1 Å². The number of nitrogens with zero attached hydrogens (tertiary/aromatic N) is 1. The minimum atomic E-state index is -0.799. The van der Waals surface area contributed by atoms with E-state index in [0.717, 1.165) is 6.20 Å². The van der Waals surface area contributed by atoms with Crippen LogP contribution >= 0.6 is 0 Å². The molecule has 6 heteroatoms.